The van der Waals surface area contributed by atoms with Gasteiger partial charge in [0.2, 0.25) is 0 Å². The molecule has 21 heavy (non-hydrogen) atoms. The van der Waals surface area contributed by atoms with Gasteiger partial charge in [0.1, 0.15) is 5.75 Å². The van der Waals surface area contributed by atoms with E-state index in [-0.39, 0.29) is 12.4 Å². The molecule has 0 spiro atoms. The minimum absolute atomic E-state index is 0.0120. The van der Waals surface area contributed by atoms with Crippen LogP contribution in [0.4, 0.5) is 0 Å². The molecular weight excluding hydrogens is 292 g/mol. The Hall–Kier alpha value is -1.15. The van der Waals surface area contributed by atoms with Crippen LogP contribution < -0.4 is 4.18 Å². The molecule has 0 radical (unpaired) electrons. The number of nitrogens with zero attached hydrogens (tertiary/aromatic N) is 2. The van der Waals surface area contributed by atoms with Crippen molar-refractivity contribution in [3.63, 3.8) is 0 Å². The largest absolute Gasteiger partial charge is 0.395 e. The highest BCUT2D eigenvalue weighted by molar-refractivity contribution is 7.87. The Kier molecular flexibility index (Phi) is 5.98. The van der Waals surface area contributed by atoms with E-state index in [0.29, 0.717) is 18.8 Å². The fourth-order valence-electron chi connectivity index (χ4n) is 2.28. The number of rotatable bonds is 7. The molecule has 7 heteroatoms. The first-order chi connectivity index (χ1) is 10.1. The van der Waals surface area contributed by atoms with Crippen LogP contribution >= 0.6 is 0 Å². The highest BCUT2D eigenvalue weighted by Crippen LogP contribution is 2.12. The molecule has 1 aliphatic rings. The Morgan fingerprint density at radius 1 is 1.00 bits per heavy atom. The van der Waals surface area contributed by atoms with Crippen LogP contribution in [0.1, 0.15) is 0 Å². The summed E-state index contributed by atoms with van der Waals surface area (Å²) in [6, 6.07) is 8.55. The molecular formula is C14H22N2O4S. The second-order valence-electron chi connectivity index (χ2n) is 5.07. The third-order valence-corrected chi connectivity index (χ3v) is 4.63. The Morgan fingerprint density at radius 3 is 2.14 bits per heavy atom. The van der Waals surface area contributed by atoms with Gasteiger partial charge < -0.3 is 9.29 Å². The number of piperazine rings is 1. The molecule has 0 atom stereocenters. The summed E-state index contributed by atoms with van der Waals surface area (Å²) < 4.78 is 28.9. The molecule has 0 saturated carbocycles. The zero-order valence-corrected chi connectivity index (χ0v) is 12.8. The summed E-state index contributed by atoms with van der Waals surface area (Å²) in [6.45, 7) is 4.69. The molecule has 0 bridgehead atoms. The van der Waals surface area contributed by atoms with Gasteiger partial charge in [0.25, 0.3) is 0 Å². The standard InChI is InChI=1S/C14H22N2O4S/c17-12-10-15-6-8-16(9-7-15)11-13-21(18,19)20-14-4-2-1-3-5-14/h1-5,17H,6-13H2. The molecule has 6 nitrogen and oxygen atoms in total. The van der Waals surface area contributed by atoms with Crippen molar-refractivity contribution in [3.05, 3.63) is 30.3 Å². The van der Waals surface area contributed by atoms with Gasteiger partial charge in [-0.2, -0.15) is 8.42 Å². The number of β-amino-alcohol motifs (C(OH)–C–C–N with tert-alkyl or cyclic N) is 1. The summed E-state index contributed by atoms with van der Waals surface area (Å²) in [4.78, 5) is 4.28. The lowest BCUT2D eigenvalue weighted by Crippen LogP contribution is -2.48. The van der Waals surface area contributed by atoms with E-state index in [9.17, 15) is 8.42 Å². The van der Waals surface area contributed by atoms with Crippen molar-refractivity contribution in [2.75, 3.05) is 51.6 Å². The van der Waals surface area contributed by atoms with Crippen LogP contribution in [0.5, 0.6) is 5.75 Å². The van der Waals surface area contributed by atoms with E-state index in [1.807, 2.05) is 6.07 Å². The maximum atomic E-state index is 11.9. The maximum absolute atomic E-state index is 11.9. The Balaban J connectivity index is 1.75. The lowest BCUT2D eigenvalue weighted by molar-refractivity contribution is 0.116. The second-order valence-corrected chi connectivity index (χ2v) is 6.76. The molecule has 1 aromatic rings. The molecule has 0 aromatic heterocycles. The minimum atomic E-state index is -3.55. The molecule has 0 unspecified atom stereocenters. The lowest BCUT2D eigenvalue weighted by atomic mass is 10.3. The number of hydrogen-bond acceptors (Lipinski definition) is 6. The normalized spacial score (nSPS) is 17.8. The molecule has 1 aliphatic heterocycles. The quantitative estimate of drug-likeness (QED) is 0.715. The molecule has 1 saturated heterocycles. The molecule has 1 heterocycles. The average Bonchev–Trinajstić information content (AvgIpc) is 2.48. The highest BCUT2D eigenvalue weighted by Gasteiger charge is 2.19. The number of para-hydroxylation sites is 1. The predicted molar refractivity (Wildman–Crippen MR) is 80.8 cm³/mol. The smallest absolute Gasteiger partial charge is 0.310 e. The zero-order valence-electron chi connectivity index (χ0n) is 12.0. The van der Waals surface area contributed by atoms with E-state index in [1.54, 1.807) is 24.3 Å². The van der Waals surface area contributed by atoms with Crippen LogP contribution in [0.15, 0.2) is 30.3 Å². The molecule has 1 aromatic carbocycles. The molecule has 0 amide bonds. The van der Waals surface area contributed by atoms with Gasteiger partial charge in [0.05, 0.1) is 12.4 Å². The fourth-order valence-corrected chi connectivity index (χ4v) is 3.25. The topological polar surface area (TPSA) is 70.1 Å². The van der Waals surface area contributed by atoms with Gasteiger partial charge in [-0.1, -0.05) is 18.2 Å². The van der Waals surface area contributed by atoms with Gasteiger partial charge >= 0.3 is 10.1 Å². The number of hydrogen-bond donors (Lipinski definition) is 1. The first kappa shape index (κ1) is 16.2. The van der Waals surface area contributed by atoms with Gasteiger partial charge in [-0.05, 0) is 12.1 Å². The summed E-state index contributed by atoms with van der Waals surface area (Å²) in [5.74, 6) is 0.340. The van der Waals surface area contributed by atoms with E-state index in [1.165, 1.54) is 0 Å². The van der Waals surface area contributed by atoms with Crippen molar-refractivity contribution in [2.45, 2.75) is 0 Å². The molecule has 118 valence electrons. The Labute approximate surface area is 126 Å². The molecule has 1 N–H and O–H groups in total. The third kappa shape index (κ3) is 5.62. The maximum Gasteiger partial charge on any atom is 0.310 e. The van der Waals surface area contributed by atoms with Crippen molar-refractivity contribution >= 4 is 10.1 Å². The van der Waals surface area contributed by atoms with E-state index in [2.05, 4.69) is 9.80 Å². The molecule has 2 rings (SSSR count). The predicted octanol–water partition coefficient (Wildman–Crippen LogP) is 0.00510. The van der Waals surface area contributed by atoms with Crippen molar-refractivity contribution in [3.8, 4) is 5.75 Å². The van der Waals surface area contributed by atoms with Crippen molar-refractivity contribution < 1.29 is 17.7 Å². The van der Waals surface area contributed by atoms with Crippen LogP contribution in [0.2, 0.25) is 0 Å². The van der Waals surface area contributed by atoms with Crippen molar-refractivity contribution in [2.24, 2.45) is 0 Å². The third-order valence-electron chi connectivity index (χ3n) is 3.51. The van der Waals surface area contributed by atoms with Gasteiger partial charge in [0.15, 0.2) is 0 Å². The summed E-state index contributed by atoms with van der Waals surface area (Å²) in [7, 11) is -3.55. The van der Waals surface area contributed by atoms with E-state index < -0.39 is 10.1 Å². The number of aliphatic hydroxyl groups excluding tert-OH is 1. The van der Waals surface area contributed by atoms with Crippen LogP contribution in [0.3, 0.4) is 0 Å². The van der Waals surface area contributed by atoms with Crippen LogP contribution in [0, 0.1) is 0 Å². The number of benzene rings is 1. The van der Waals surface area contributed by atoms with E-state index in [4.69, 9.17) is 9.29 Å². The Bertz CT molecular complexity index is 513. The van der Waals surface area contributed by atoms with Crippen LogP contribution in [-0.4, -0.2) is 75.0 Å². The zero-order chi connectivity index (χ0) is 15.1. The number of aliphatic hydroxyl groups is 1. The van der Waals surface area contributed by atoms with Crippen LogP contribution in [-0.2, 0) is 10.1 Å². The van der Waals surface area contributed by atoms with Crippen LogP contribution in [0.25, 0.3) is 0 Å². The van der Waals surface area contributed by atoms with Gasteiger partial charge in [-0.15, -0.1) is 0 Å². The summed E-state index contributed by atoms with van der Waals surface area (Å²) >= 11 is 0. The average molecular weight is 314 g/mol. The lowest BCUT2D eigenvalue weighted by Gasteiger charge is -2.34. The monoisotopic (exact) mass is 314 g/mol. The summed E-state index contributed by atoms with van der Waals surface area (Å²) in [5, 5.41) is 8.88. The fraction of sp³-hybridized carbons (Fsp3) is 0.571. The first-order valence-electron chi connectivity index (χ1n) is 7.12. The SMILES string of the molecule is O=S(=O)(CCN1CCN(CCO)CC1)Oc1ccccc1. The van der Waals surface area contributed by atoms with E-state index >= 15 is 0 Å². The summed E-state index contributed by atoms with van der Waals surface area (Å²) in [6.07, 6.45) is 0. The van der Waals surface area contributed by atoms with Crippen molar-refractivity contribution in [1.29, 1.82) is 0 Å². The second kappa shape index (κ2) is 7.74. The molecule has 1 fully saturated rings. The van der Waals surface area contributed by atoms with Gasteiger partial charge in [0, 0.05) is 39.3 Å². The highest BCUT2D eigenvalue weighted by atomic mass is 32.2. The van der Waals surface area contributed by atoms with Gasteiger partial charge in [-0.3, -0.25) is 9.80 Å². The minimum Gasteiger partial charge on any atom is -0.395 e. The van der Waals surface area contributed by atoms with Gasteiger partial charge in [-0.25, -0.2) is 0 Å². The molecule has 0 aliphatic carbocycles. The summed E-state index contributed by atoms with van der Waals surface area (Å²) in [5.41, 5.74) is 0. The first-order valence-corrected chi connectivity index (χ1v) is 8.69. The Morgan fingerprint density at radius 2 is 1.57 bits per heavy atom. The van der Waals surface area contributed by atoms with Crippen molar-refractivity contribution in [1.82, 2.24) is 9.80 Å². The van der Waals surface area contributed by atoms with E-state index in [0.717, 1.165) is 26.2 Å².